The Balaban J connectivity index is 0.000000396. The third-order valence-corrected chi connectivity index (χ3v) is 1.58. The van der Waals surface area contributed by atoms with Gasteiger partial charge in [-0.3, -0.25) is 0 Å². The lowest BCUT2D eigenvalue weighted by Crippen LogP contribution is -1.91. The fourth-order valence-corrected chi connectivity index (χ4v) is 1.11. The number of nitrogens with zero attached hydrogens (tertiary/aromatic N) is 3. The number of fused-ring (bicyclic) bond motifs is 1. The predicted molar refractivity (Wildman–Crippen MR) is 52.5 cm³/mol. The van der Waals surface area contributed by atoms with Gasteiger partial charge in [0.25, 0.3) is 0 Å². The number of imidazole rings is 1. The molecule has 1 N–H and O–H groups in total. The normalized spacial score (nSPS) is 9.54. The maximum atomic E-state index is 4.19. The van der Waals surface area contributed by atoms with Crippen molar-refractivity contribution < 1.29 is 0 Å². The third kappa shape index (κ3) is 1.83. The smallest absolute Gasteiger partial charge is 0.181 e. The van der Waals surface area contributed by atoms with Gasteiger partial charge in [0.1, 0.15) is 11.3 Å². The molecule has 0 aromatic carbocycles. The Morgan fingerprint density at radius 3 is 2.54 bits per heavy atom. The number of nitrogens with one attached hydrogen (secondary N) is 1. The minimum Gasteiger partial charge on any atom is -0.342 e. The number of hydrogen-bond donors (Lipinski definition) is 1. The zero-order chi connectivity index (χ0) is 9.84. The molecule has 0 saturated carbocycles. The summed E-state index contributed by atoms with van der Waals surface area (Å²) >= 11 is 0. The zero-order valence-corrected chi connectivity index (χ0v) is 8.42. The van der Waals surface area contributed by atoms with Crippen LogP contribution in [0.2, 0.25) is 0 Å². The van der Waals surface area contributed by atoms with Crippen molar-refractivity contribution in [2.45, 2.75) is 27.7 Å². The van der Waals surface area contributed by atoms with E-state index < -0.39 is 0 Å². The van der Waals surface area contributed by atoms with E-state index in [-0.39, 0.29) is 0 Å². The standard InChI is InChI=1S/C7H8N4.C2H6/c1-4-6-7(9-3-8-6)11-5(2)10-4;1-2/h3H,1-2H3,(H,8,9,10,11);1-2H3. The lowest BCUT2D eigenvalue weighted by molar-refractivity contribution is 1.04. The maximum Gasteiger partial charge on any atom is 0.181 e. The molecule has 0 aliphatic heterocycles. The quantitative estimate of drug-likeness (QED) is 0.671. The van der Waals surface area contributed by atoms with E-state index in [4.69, 9.17) is 0 Å². The first-order valence-electron chi connectivity index (χ1n) is 4.41. The van der Waals surface area contributed by atoms with E-state index in [0.29, 0.717) is 0 Å². The van der Waals surface area contributed by atoms with Crippen LogP contribution >= 0.6 is 0 Å². The lowest BCUT2D eigenvalue weighted by Gasteiger charge is -1.94. The highest BCUT2D eigenvalue weighted by atomic mass is 15.0. The van der Waals surface area contributed by atoms with Gasteiger partial charge >= 0.3 is 0 Å². The molecule has 0 aliphatic carbocycles. The topological polar surface area (TPSA) is 54.5 Å². The number of aryl methyl sites for hydroxylation is 2. The second-order valence-corrected chi connectivity index (χ2v) is 2.46. The molecule has 0 aliphatic rings. The summed E-state index contributed by atoms with van der Waals surface area (Å²) in [5.74, 6) is 0.766. The first-order valence-corrected chi connectivity index (χ1v) is 4.41. The Labute approximate surface area is 77.4 Å². The SMILES string of the molecule is CC.Cc1nc(C)c2[nH]cnc2n1. The monoisotopic (exact) mass is 178 g/mol. The highest BCUT2D eigenvalue weighted by Crippen LogP contribution is 2.08. The van der Waals surface area contributed by atoms with Crippen LogP contribution in [0.25, 0.3) is 11.2 Å². The van der Waals surface area contributed by atoms with Crippen molar-refractivity contribution in [3.8, 4) is 0 Å². The van der Waals surface area contributed by atoms with E-state index in [1.807, 2.05) is 27.7 Å². The molecule has 13 heavy (non-hydrogen) atoms. The molecule has 2 heterocycles. The number of hydrogen-bond acceptors (Lipinski definition) is 3. The van der Waals surface area contributed by atoms with Crippen LogP contribution in [0.1, 0.15) is 25.4 Å². The molecular formula is C9H14N4. The minimum absolute atomic E-state index is 0.745. The van der Waals surface area contributed by atoms with Crippen molar-refractivity contribution in [1.29, 1.82) is 0 Å². The van der Waals surface area contributed by atoms with Crippen molar-refractivity contribution in [3.05, 3.63) is 17.8 Å². The molecule has 0 bridgehead atoms. The van der Waals surface area contributed by atoms with Crippen LogP contribution in [0.4, 0.5) is 0 Å². The molecule has 4 heteroatoms. The van der Waals surface area contributed by atoms with Crippen LogP contribution in [0.15, 0.2) is 6.33 Å². The summed E-state index contributed by atoms with van der Waals surface area (Å²) in [5.41, 5.74) is 2.62. The third-order valence-electron chi connectivity index (χ3n) is 1.58. The average molecular weight is 178 g/mol. The number of aromatic nitrogens is 4. The van der Waals surface area contributed by atoms with Crippen LogP contribution in [-0.2, 0) is 0 Å². The first kappa shape index (κ1) is 9.64. The molecule has 70 valence electrons. The summed E-state index contributed by atoms with van der Waals surface area (Å²) in [6, 6.07) is 0. The van der Waals surface area contributed by atoms with Gasteiger partial charge in [0.15, 0.2) is 5.65 Å². The van der Waals surface area contributed by atoms with Crippen LogP contribution in [-0.4, -0.2) is 19.9 Å². The van der Waals surface area contributed by atoms with Crippen molar-refractivity contribution in [2.75, 3.05) is 0 Å². The summed E-state index contributed by atoms with van der Waals surface area (Å²) in [4.78, 5) is 15.3. The molecule has 4 nitrogen and oxygen atoms in total. The molecule has 0 saturated heterocycles. The van der Waals surface area contributed by atoms with Crippen LogP contribution in [0, 0.1) is 13.8 Å². The molecule has 0 amide bonds. The van der Waals surface area contributed by atoms with Crippen molar-refractivity contribution in [3.63, 3.8) is 0 Å². The van der Waals surface area contributed by atoms with Gasteiger partial charge in [-0.25, -0.2) is 15.0 Å². The Morgan fingerprint density at radius 1 is 1.15 bits per heavy atom. The summed E-state index contributed by atoms with van der Waals surface area (Å²) in [6.45, 7) is 7.80. The fraction of sp³-hybridized carbons (Fsp3) is 0.444. The van der Waals surface area contributed by atoms with E-state index >= 15 is 0 Å². The predicted octanol–water partition coefficient (Wildman–Crippen LogP) is 2.00. The van der Waals surface area contributed by atoms with Gasteiger partial charge in [0.2, 0.25) is 0 Å². The molecule has 0 radical (unpaired) electrons. The number of aromatic amines is 1. The lowest BCUT2D eigenvalue weighted by atomic mass is 10.4. The van der Waals surface area contributed by atoms with Crippen molar-refractivity contribution in [1.82, 2.24) is 19.9 Å². The molecule has 2 aromatic heterocycles. The summed E-state index contributed by atoms with van der Waals surface area (Å²) in [6.07, 6.45) is 1.63. The molecule has 0 atom stereocenters. The van der Waals surface area contributed by atoms with Gasteiger partial charge in [-0.15, -0.1) is 0 Å². The summed E-state index contributed by atoms with van der Waals surface area (Å²) in [7, 11) is 0. The Bertz CT molecular complexity index is 391. The highest BCUT2D eigenvalue weighted by molar-refractivity contribution is 5.71. The Hall–Kier alpha value is -1.45. The maximum absolute atomic E-state index is 4.19. The largest absolute Gasteiger partial charge is 0.342 e. The molecule has 0 unspecified atom stereocenters. The molecule has 0 fully saturated rings. The van der Waals surface area contributed by atoms with Crippen LogP contribution < -0.4 is 0 Å². The molecule has 2 rings (SSSR count). The Kier molecular flexibility index (Phi) is 2.95. The van der Waals surface area contributed by atoms with E-state index in [0.717, 1.165) is 22.7 Å². The zero-order valence-electron chi connectivity index (χ0n) is 8.42. The summed E-state index contributed by atoms with van der Waals surface area (Å²) < 4.78 is 0. The van der Waals surface area contributed by atoms with Crippen molar-refractivity contribution in [2.24, 2.45) is 0 Å². The van der Waals surface area contributed by atoms with E-state index in [1.165, 1.54) is 0 Å². The fourth-order valence-electron chi connectivity index (χ4n) is 1.11. The van der Waals surface area contributed by atoms with Crippen molar-refractivity contribution >= 4 is 11.2 Å². The molecule has 2 aromatic rings. The second-order valence-electron chi connectivity index (χ2n) is 2.46. The van der Waals surface area contributed by atoms with Gasteiger partial charge in [-0.05, 0) is 13.8 Å². The van der Waals surface area contributed by atoms with Gasteiger partial charge in [0, 0.05) is 0 Å². The van der Waals surface area contributed by atoms with E-state index in [9.17, 15) is 0 Å². The number of H-pyrrole nitrogens is 1. The van der Waals surface area contributed by atoms with Gasteiger partial charge < -0.3 is 4.98 Å². The molecular weight excluding hydrogens is 164 g/mol. The average Bonchev–Trinajstić information content (AvgIpc) is 2.55. The van der Waals surface area contributed by atoms with Gasteiger partial charge in [-0.2, -0.15) is 0 Å². The first-order chi connectivity index (χ1) is 6.27. The minimum atomic E-state index is 0.745. The Morgan fingerprint density at radius 2 is 1.85 bits per heavy atom. The highest BCUT2D eigenvalue weighted by Gasteiger charge is 2.01. The van der Waals surface area contributed by atoms with Gasteiger partial charge in [-0.1, -0.05) is 13.8 Å². The summed E-state index contributed by atoms with van der Waals surface area (Å²) in [5, 5.41) is 0. The van der Waals surface area contributed by atoms with Crippen LogP contribution in [0.3, 0.4) is 0 Å². The van der Waals surface area contributed by atoms with Crippen LogP contribution in [0.5, 0.6) is 0 Å². The van der Waals surface area contributed by atoms with Gasteiger partial charge in [0.05, 0.1) is 12.0 Å². The van der Waals surface area contributed by atoms with E-state index in [1.54, 1.807) is 6.33 Å². The number of rotatable bonds is 0. The van der Waals surface area contributed by atoms with E-state index in [2.05, 4.69) is 19.9 Å². The second kappa shape index (κ2) is 3.98. The molecule has 0 spiro atoms.